The molecule has 94 valence electrons. The Kier molecular flexibility index (Phi) is 2.80. The van der Waals surface area contributed by atoms with Gasteiger partial charge in [0.2, 0.25) is 0 Å². The first-order chi connectivity index (χ1) is 8.74. The van der Waals surface area contributed by atoms with Crippen LogP contribution in [0, 0.1) is 6.92 Å². The van der Waals surface area contributed by atoms with E-state index in [0.717, 1.165) is 35.4 Å². The minimum absolute atomic E-state index is 0.351. The van der Waals surface area contributed by atoms with Gasteiger partial charge in [-0.3, -0.25) is 0 Å². The Bertz CT molecular complexity index is 562. The Morgan fingerprint density at radius 3 is 3.17 bits per heavy atom. The molecule has 0 spiro atoms. The van der Waals surface area contributed by atoms with Crippen LogP contribution in [-0.2, 0) is 13.0 Å². The van der Waals surface area contributed by atoms with E-state index >= 15 is 0 Å². The van der Waals surface area contributed by atoms with Gasteiger partial charge in [-0.25, -0.2) is 0 Å². The molecule has 3 rings (SSSR count). The Morgan fingerprint density at radius 1 is 1.50 bits per heavy atom. The number of nitrogens with zero attached hydrogens (tertiary/aromatic N) is 1. The number of benzene rings is 1. The van der Waals surface area contributed by atoms with Crippen LogP contribution < -0.4 is 4.74 Å². The SMILES string of the molecule is Cc1cc(COc2cccc3c2CCC3O)on1. The second kappa shape index (κ2) is 4.46. The van der Waals surface area contributed by atoms with Crippen molar-refractivity contribution in [2.24, 2.45) is 0 Å². The molecule has 0 amide bonds. The van der Waals surface area contributed by atoms with Gasteiger partial charge >= 0.3 is 0 Å². The fraction of sp³-hybridized carbons (Fsp3) is 0.357. The summed E-state index contributed by atoms with van der Waals surface area (Å²) in [5.41, 5.74) is 2.95. The van der Waals surface area contributed by atoms with E-state index in [1.807, 2.05) is 31.2 Å². The third kappa shape index (κ3) is 1.99. The number of ether oxygens (including phenoxy) is 1. The molecule has 18 heavy (non-hydrogen) atoms. The van der Waals surface area contributed by atoms with Gasteiger partial charge in [-0.2, -0.15) is 0 Å². The minimum atomic E-state index is -0.351. The molecule has 0 radical (unpaired) electrons. The number of aryl methyl sites for hydroxylation is 1. The van der Waals surface area contributed by atoms with Crippen LogP contribution in [0.25, 0.3) is 0 Å². The van der Waals surface area contributed by atoms with Crippen molar-refractivity contribution in [2.45, 2.75) is 32.5 Å². The van der Waals surface area contributed by atoms with Crippen LogP contribution in [0.3, 0.4) is 0 Å². The van der Waals surface area contributed by atoms with Crippen molar-refractivity contribution in [1.82, 2.24) is 5.16 Å². The van der Waals surface area contributed by atoms with Gasteiger partial charge < -0.3 is 14.4 Å². The predicted molar refractivity (Wildman–Crippen MR) is 65.3 cm³/mol. The predicted octanol–water partition coefficient (Wildman–Crippen LogP) is 2.54. The Morgan fingerprint density at radius 2 is 2.39 bits per heavy atom. The highest BCUT2D eigenvalue weighted by Crippen LogP contribution is 2.36. The maximum Gasteiger partial charge on any atom is 0.174 e. The van der Waals surface area contributed by atoms with Crippen LogP contribution in [0.5, 0.6) is 5.75 Å². The summed E-state index contributed by atoms with van der Waals surface area (Å²) >= 11 is 0. The summed E-state index contributed by atoms with van der Waals surface area (Å²) in [6.45, 7) is 2.25. The molecule has 1 atom stereocenters. The van der Waals surface area contributed by atoms with Crippen molar-refractivity contribution in [1.29, 1.82) is 0 Å². The van der Waals surface area contributed by atoms with Crippen LogP contribution in [0.2, 0.25) is 0 Å². The molecule has 1 aliphatic carbocycles. The number of aliphatic hydroxyl groups excluding tert-OH is 1. The van der Waals surface area contributed by atoms with Crippen LogP contribution >= 0.6 is 0 Å². The average Bonchev–Trinajstić information content (AvgIpc) is 2.94. The molecule has 0 saturated heterocycles. The summed E-state index contributed by atoms with van der Waals surface area (Å²) in [7, 11) is 0. The molecule has 2 aromatic rings. The number of aliphatic hydroxyl groups is 1. The van der Waals surface area contributed by atoms with Gasteiger partial charge in [-0.05, 0) is 31.4 Å². The summed E-state index contributed by atoms with van der Waals surface area (Å²) < 4.78 is 10.9. The molecular weight excluding hydrogens is 230 g/mol. The lowest BCUT2D eigenvalue weighted by molar-refractivity contribution is 0.180. The van der Waals surface area contributed by atoms with Gasteiger partial charge in [0.15, 0.2) is 5.76 Å². The Labute approximate surface area is 105 Å². The van der Waals surface area contributed by atoms with Crippen LogP contribution in [-0.4, -0.2) is 10.3 Å². The highest BCUT2D eigenvalue weighted by atomic mass is 16.5. The molecule has 4 heteroatoms. The zero-order valence-corrected chi connectivity index (χ0v) is 10.2. The van der Waals surface area contributed by atoms with E-state index in [2.05, 4.69) is 5.16 Å². The number of hydrogen-bond donors (Lipinski definition) is 1. The standard InChI is InChI=1S/C14H15NO3/c1-9-7-10(18-15-9)8-17-14-4-2-3-11-12(14)5-6-13(11)16/h2-4,7,13,16H,5-6,8H2,1H3. The van der Waals surface area contributed by atoms with Crippen molar-refractivity contribution < 1.29 is 14.4 Å². The second-order valence-electron chi connectivity index (χ2n) is 4.60. The zero-order valence-electron chi connectivity index (χ0n) is 10.2. The Hall–Kier alpha value is -1.81. The molecule has 0 bridgehead atoms. The van der Waals surface area contributed by atoms with Crippen LogP contribution in [0.15, 0.2) is 28.8 Å². The third-order valence-corrected chi connectivity index (χ3v) is 3.24. The topological polar surface area (TPSA) is 55.5 Å². The first-order valence-electron chi connectivity index (χ1n) is 6.09. The highest BCUT2D eigenvalue weighted by molar-refractivity contribution is 5.44. The quantitative estimate of drug-likeness (QED) is 0.902. The molecule has 0 fully saturated rings. The molecule has 0 aliphatic heterocycles. The van der Waals surface area contributed by atoms with E-state index in [1.165, 1.54) is 0 Å². The monoisotopic (exact) mass is 245 g/mol. The molecule has 1 aromatic heterocycles. The van der Waals surface area contributed by atoms with Crippen molar-refractivity contribution >= 4 is 0 Å². The largest absolute Gasteiger partial charge is 0.485 e. The van der Waals surface area contributed by atoms with Crippen LogP contribution in [0.4, 0.5) is 0 Å². The second-order valence-corrected chi connectivity index (χ2v) is 4.60. The molecule has 1 aliphatic rings. The number of rotatable bonds is 3. The van der Waals surface area contributed by atoms with Crippen molar-refractivity contribution in [3.63, 3.8) is 0 Å². The Balaban J connectivity index is 1.78. The summed E-state index contributed by atoms with van der Waals surface area (Å²) in [5, 5.41) is 13.6. The third-order valence-electron chi connectivity index (χ3n) is 3.24. The highest BCUT2D eigenvalue weighted by Gasteiger charge is 2.23. The smallest absolute Gasteiger partial charge is 0.174 e. The average molecular weight is 245 g/mol. The minimum Gasteiger partial charge on any atom is -0.485 e. The van der Waals surface area contributed by atoms with E-state index in [0.29, 0.717) is 12.4 Å². The van der Waals surface area contributed by atoms with Gasteiger partial charge in [-0.1, -0.05) is 17.3 Å². The first kappa shape index (κ1) is 11.3. The fourth-order valence-corrected chi connectivity index (χ4v) is 2.37. The van der Waals surface area contributed by atoms with E-state index in [9.17, 15) is 5.11 Å². The van der Waals surface area contributed by atoms with Crippen molar-refractivity contribution in [3.05, 3.63) is 46.8 Å². The number of fused-ring (bicyclic) bond motifs is 1. The maximum absolute atomic E-state index is 9.81. The first-order valence-corrected chi connectivity index (χ1v) is 6.09. The van der Waals surface area contributed by atoms with Gasteiger partial charge in [0, 0.05) is 11.6 Å². The van der Waals surface area contributed by atoms with E-state index < -0.39 is 0 Å². The lowest BCUT2D eigenvalue weighted by Gasteiger charge is -2.09. The van der Waals surface area contributed by atoms with Gasteiger partial charge in [0.25, 0.3) is 0 Å². The van der Waals surface area contributed by atoms with Crippen molar-refractivity contribution in [3.8, 4) is 5.75 Å². The van der Waals surface area contributed by atoms with E-state index in [4.69, 9.17) is 9.26 Å². The molecule has 0 saturated carbocycles. The maximum atomic E-state index is 9.81. The van der Waals surface area contributed by atoms with E-state index in [-0.39, 0.29) is 6.10 Å². The fourth-order valence-electron chi connectivity index (χ4n) is 2.37. The molecular formula is C14H15NO3. The number of hydrogen-bond acceptors (Lipinski definition) is 4. The van der Waals surface area contributed by atoms with Gasteiger partial charge in [-0.15, -0.1) is 0 Å². The van der Waals surface area contributed by atoms with E-state index in [1.54, 1.807) is 0 Å². The zero-order chi connectivity index (χ0) is 12.5. The molecule has 1 heterocycles. The molecule has 1 N–H and O–H groups in total. The lowest BCUT2D eigenvalue weighted by Crippen LogP contribution is -1.98. The summed E-state index contributed by atoms with van der Waals surface area (Å²) in [6.07, 6.45) is 1.29. The summed E-state index contributed by atoms with van der Waals surface area (Å²) in [4.78, 5) is 0. The van der Waals surface area contributed by atoms with Gasteiger partial charge in [0.1, 0.15) is 12.4 Å². The van der Waals surface area contributed by atoms with Gasteiger partial charge in [0.05, 0.1) is 11.8 Å². The van der Waals surface area contributed by atoms with Crippen LogP contribution in [0.1, 0.15) is 35.1 Å². The summed E-state index contributed by atoms with van der Waals surface area (Å²) in [6, 6.07) is 7.66. The summed E-state index contributed by atoms with van der Waals surface area (Å²) in [5.74, 6) is 1.54. The molecule has 4 nitrogen and oxygen atoms in total. The lowest BCUT2D eigenvalue weighted by atomic mass is 10.1. The normalized spacial score (nSPS) is 17.8. The molecule has 1 unspecified atom stereocenters. The molecule has 1 aromatic carbocycles. The van der Waals surface area contributed by atoms with Crippen molar-refractivity contribution in [2.75, 3.05) is 0 Å². The number of aromatic nitrogens is 1.